The van der Waals surface area contributed by atoms with Crippen LogP contribution in [0.15, 0.2) is 29.3 Å². The summed E-state index contributed by atoms with van der Waals surface area (Å²) in [5, 5.41) is 9.58. The molecule has 0 fully saturated rings. The number of nitrogens with zero attached hydrogens (tertiary/aromatic N) is 5. The van der Waals surface area contributed by atoms with Gasteiger partial charge in [0, 0.05) is 14.1 Å². The standard InChI is InChI=1S/C18H19BrN6O2/c1-5-6-27-15-13(19)8-11(9-14(15)26-4)7-12(10-20)16-22-17(21)24-18(23-16)25(2)3/h5,7-9H,1,6H2,2-4H3,(H2,21,22,23,24)/b12-7+. The third kappa shape index (κ3) is 4.95. The molecule has 0 spiro atoms. The molecule has 0 radical (unpaired) electrons. The molecule has 0 saturated heterocycles. The number of hydrogen-bond acceptors (Lipinski definition) is 8. The minimum atomic E-state index is 0.0387. The van der Waals surface area contributed by atoms with Crippen LogP contribution < -0.4 is 20.1 Å². The van der Waals surface area contributed by atoms with Crippen molar-refractivity contribution in [1.82, 2.24) is 15.0 Å². The third-order valence-corrected chi connectivity index (χ3v) is 3.90. The first-order valence-electron chi connectivity index (χ1n) is 7.81. The summed E-state index contributed by atoms with van der Waals surface area (Å²) >= 11 is 3.46. The van der Waals surface area contributed by atoms with Gasteiger partial charge in [0.25, 0.3) is 0 Å². The van der Waals surface area contributed by atoms with Crippen LogP contribution in [0.2, 0.25) is 0 Å². The molecule has 140 valence electrons. The van der Waals surface area contributed by atoms with Gasteiger partial charge in [-0.25, -0.2) is 0 Å². The van der Waals surface area contributed by atoms with Gasteiger partial charge in [-0.1, -0.05) is 12.7 Å². The Morgan fingerprint density at radius 2 is 2.11 bits per heavy atom. The highest BCUT2D eigenvalue weighted by Gasteiger charge is 2.14. The summed E-state index contributed by atoms with van der Waals surface area (Å²) in [4.78, 5) is 14.1. The Morgan fingerprint density at radius 3 is 2.70 bits per heavy atom. The maximum atomic E-state index is 9.58. The molecule has 1 heterocycles. The molecule has 2 N–H and O–H groups in total. The topological polar surface area (TPSA) is 110 Å². The van der Waals surface area contributed by atoms with Crippen molar-refractivity contribution in [2.45, 2.75) is 0 Å². The lowest BCUT2D eigenvalue weighted by Gasteiger charge is -2.13. The highest BCUT2D eigenvalue weighted by molar-refractivity contribution is 9.10. The highest BCUT2D eigenvalue weighted by atomic mass is 79.9. The molecule has 1 aromatic heterocycles. The van der Waals surface area contributed by atoms with Crippen molar-refractivity contribution in [2.24, 2.45) is 0 Å². The van der Waals surface area contributed by atoms with Crippen molar-refractivity contribution in [2.75, 3.05) is 38.4 Å². The number of nitrogen functional groups attached to an aromatic ring is 1. The van der Waals surface area contributed by atoms with Crippen molar-refractivity contribution >= 4 is 39.5 Å². The molecule has 0 bridgehead atoms. The number of allylic oxidation sites excluding steroid dienone is 1. The fourth-order valence-corrected chi connectivity index (χ4v) is 2.69. The fraction of sp³-hybridized carbons (Fsp3) is 0.222. The van der Waals surface area contributed by atoms with Crippen LogP contribution in [0.1, 0.15) is 11.4 Å². The molecule has 0 aliphatic carbocycles. The normalized spacial score (nSPS) is 10.9. The second-order valence-corrected chi connectivity index (χ2v) is 6.37. The van der Waals surface area contributed by atoms with E-state index in [1.165, 1.54) is 7.11 Å². The summed E-state index contributed by atoms with van der Waals surface area (Å²) < 4.78 is 11.7. The summed E-state index contributed by atoms with van der Waals surface area (Å²) in [5.41, 5.74) is 6.68. The van der Waals surface area contributed by atoms with Crippen LogP contribution in [0.25, 0.3) is 11.6 Å². The van der Waals surface area contributed by atoms with E-state index in [0.717, 1.165) is 0 Å². The number of rotatable bonds is 7. The van der Waals surface area contributed by atoms with Gasteiger partial charge in [-0.3, -0.25) is 0 Å². The zero-order chi connectivity index (χ0) is 20.0. The minimum absolute atomic E-state index is 0.0387. The first-order chi connectivity index (χ1) is 12.9. The molecule has 0 saturated carbocycles. The van der Waals surface area contributed by atoms with Gasteiger partial charge in [-0.05, 0) is 39.7 Å². The molecule has 2 aromatic rings. The number of benzene rings is 1. The molecule has 0 atom stereocenters. The van der Waals surface area contributed by atoms with Crippen LogP contribution >= 0.6 is 15.9 Å². The maximum Gasteiger partial charge on any atom is 0.230 e. The monoisotopic (exact) mass is 430 g/mol. The van der Waals surface area contributed by atoms with Crippen molar-refractivity contribution in [3.63, 3.8) is 0 Å². The molecule has 8 nitrogen and oxygen atoms in total. The lowest BCUT2D eigenvalue weighted by Crippen LogP contribution is -2.15. The van der Waals surface area contributed by atoms with Crippen LogP contribution in [-0.2, 0) is 0 Å². The third-order valence-electron chi connectivity index (χ3n) is 3.31. The Kier molecular flexibility index (Phi) is 6.73. The molecule has 27 heavy (non-hydrogen) atoms. The number of halogens is 1. The highest BCUT2D eigenvalue weighted by Crippen LogP contribution is 2.37. The smallest absolute Gasteiger partial charge is 0.230 e. The van der Waals surface area contributed by atoms with Gasteiger partial charge in [-0.2, -0.15) is 20.2 Å². The Bertz CT molecular complexity index is 921. The predicted octanol–water partition coefficient (Wildman–Crippen LogP) is 2.92. The van der Waals surface area contributed by atoms with E-state index in [9.17, 15) is 5.26 Å². The van der Waals surface area contributed by atoms with Gasteiger partial charge in [0.1, 0.15) is 12.7 Å². The fourth-order valence-electron chi connectivity index (χ4n) is 2.12. The number of nitriles is 1. The molecule has 1 aromatic carbocycles. The number of anilines is 2. The Labute approximate surface area is 166 Å². The van der Waals surface area contributed by atoms with E-state index in [4.69, 9.17) is 15.2 Å². The number of ether oxygens (including phenoxy) is 2. The SMILES string of the molecule is C=CCOc1c(Br)cc(/C=C(\C#N)c2nc(N)nc(N(C)C)n2)cc1OC. The minimum Gasteiger partial charge on any atom is -0.493 e. The summed E-state index contributed by atoms with van der Waals surface area (Å²) in [7, 11) is 5.09. The first-order valence-corrected chi connectivity index (χ1v) is 8.61. The second kappa shape index (κ2) is 9.00. The summed E-state index contributed by atoms with van der Waals surface area (Å²) in [6.07, 6.45) is 3.28. The average molecular weight is 431 g/mol. The average Bonchev–Trinajstić information content (AvgIpc) is 2.64. The van der Waals surface area contributed by atoms with Crippen LogP contribution in [0.3, 0.4) is 0 Å². The van der Waals surface area contributed by atoms with Crippen molar-refractivity contribution in [3.8, 4) is 17.6 Å². The van der Waals surface area contributed by atoms with E-state index in [2.05, 4.69) is 43.5 Å². The van der Waals surface area contributed by atoms with Gasteiger partial charge >= 0.3 is 0 Å². The van der Waals surface area contributed by atoms with Crippen molar-refractivity contribution in [3.05, 3.63) is 40.6 Å². The molecule has 9 heteroatoms. The Hall–Kier alpha value is -3.12. The van der Waals surface area contributed by atoms with E-state index >= 15 is 0 Å². The number of nitrogens with two attached hydrogens (primary N) is 1. The van der Waals surface area contributed by atoms with Gasteiger partial charge in [-0.15, -0.1) is 0 Å². The van der Waals surface area contributed by atoms with E-state index < -0.39 is 0 Å². The first kappa shape index (κ1) is 20.2. The molecule has 0 aliphatic rings. The number of methoxy groups -OCH3 is 1. The number of hydrogen-bond donors (Lipinski definition) is 1. The molecule has 2 rings (SSSR count). The molecular formula is C18H19BrN6O2. The lowest BCUT2D eigenvalue weighted by atomic mass is 10.1. The van der Waals surface area contributed by atoms with Gasteiger partial charge in [0.05, 0.1) is 17.2 Å². The Balaban J connectivity index is 2.51. The maximum absolute atomic E-state index is 9.58. The van der Waals surface area contributed by atoms with Gasteiger partial charge in [0.15, 0.2) is 17.3 Å². The zero-order valence-electron chi connectivity index (χ0n) is 15.2. The van der Waals surface area contributed by atoms with Crippen LogP contribution in [0.5, 0.6) is 11.5 Å². The van der Waals surface area contributed by atoms with Crippen LogP contribution in [-0.4, -0.2) is 42.8 Å². The molecule has 0 amide bonds. The van der Waals surface area contributed by atoms with E-state index in [1.807, 2.05) is 0 Å². The summed E-state index contributed by atoms with van der Waals surface area (Å²) in [6.45, 7) is 3.97. The molecular weight excluding hydrogens is 412 g/mol. The van der Waals surface area contributed by atoms with Crippen LogP contribution in [0, 0.1) is 11.3 Å². The second-order valence-electron chi connectivity index (χ2n) is 5.52. The molecule has 0 unspecified atom stereocenters. The van der Waals surface area contributed by atoms with Crippen molar-refractivity contribution < 1.29 is 9.47 Å². The van der Waals surface area contributed by atoms with Gasteiger partial charge < -0.3 is 20.1 Å². The van der Waals surface area contributed by atoms with Gasteiger partial charge in [0.2, 0.25) is 11.9 Å². The number of aromatic nitrogens is 3. The van der Waals surface area contributed by atoms with Crippen molar-refractivity contribution in [1.29, 1.82) is 5.26 Å². The van der Waals surface area contributed by atoms with E-state index in [0.29, 0.717) is 34.1 Å². The Morgan fingerprint density at radius 1 is 1.37 bits per heavy atom. The largest absolute Gasteiger partial charge is 0.493 e. The van der Waals surface area contributed by atoms with E-state index in [1.54, 1.807) is 43.3 Å². The van der Waals surface area contributed by atoms with Crippen LogP contribution in [0.4, 0.5) is 11.9 Å². The predicted molar refractivity (Wildman–Crippen MR) is 108 cm³/mol. The summed E-state index contributed by atoms with van der Waals surface area (Å²) in [6, 6.07) is 5.65. The summed E-state index contributed by atoms with van der Waals surface area (Å²) in [5.74, 6) is 1.66. The quantitative estimate of drug-likeness (QED) is 0.527. The zero-order valence-corrected chi connectivity index (χ0v) is 16.8. The lowest BCUT2D eigenvalue weighted by molar-refractivity contribution is 0.324. The van der Waals surface area contributed by atoms with E-state index in [-0.39, 0.29) is 17.3 Å². The molecule has 0 aliphatic heterocycles.